The Morgan fingerprint density at radius 3 is 2.12 bits per heavy atom. The second-order valence-electron chi connectivity index (χ2n) is 2.79. The van der Waals surface area contributed by atoms with Crippen molar-refractivity contribution in [1.29, 1.82) is 0 Å². The SMILES string of the molecule is COC(=O)C(O)SCC[Si](OC)(OC)OC. The highest BCUT2D eigenvalue weighted by molar-refractivity contribution is 8.00. The van der Waals surface area contributed by atoms with Crippen LogP contribution < -0.4 is 0 Å². The maximum Gasteiger partial charge on any atom is 0.500 e. The normalized spacial score (nSPS) is 13.6. The molecule has 0 aromatic heterocycles. The molecule has 0 aliphatic heterocycles. The minimum Gasteiger partial charge on any atom is -0.466 e. The summed E-state index contributed by atoms with van der Waals surface area (Å²) >= 11 is 1.06. The first kappa shape index (κ1) is 15.9. The molecule has 0 heterocycles. The topological polar surface area (TPSA) is 74.2 Å². The van der Waals surface area contributed by atoms with Crippen LogP contribution in [0.1, 0.15) is 0 Å². The lowest BCUT2D eigenvalue weighted by molar-refractivity contribution is -0.145. The molecule has 1 unspecified atom stereocenters. The lowest BCUT2D eigenvalue weighted by Gasteiger charge is -2.24. The number of hydrogen-bond acceptors (Lipinski definition) is 7. The van der Waals surface area contributed by atoms with Gasteiger partial charge in [-0.2, -0.15) is 0 Å². The summed E-state index contributed by atoms with van der Waals surface area (Å²) in [6.07, 6.45) is 0. The third kappa shape index (κ3) is 4.81. The molecule has 96 valence electrons. The van der Waals surface area contributed by atoms with Gasteiger partial charge in [-0.1, -0.05) is 0 Å². The Morgan fingerprint density at radius 2 is 1.75 bits per heavy atom. The number of methoxy groups -OCH3 is 1. The number of thioether (sulfide) groups is 1. The van der Waals surface area contributed by atoms with Crippen molar-refractivity contribution in [3.8, 4) is 0 Å². The van der Waals surface area contributed by atoms with Crippen LogP contribution in [0.5, 0.6) is 0 Å². The zero-order chi connectivity index (χ0) is 12.6. The van der Waals surface area contributed by atoms with Gasteiger partial charge < -0.3 is 23.1 Å². The Kier molecular flexibility index (Phi) is 7.98. The minimum atomic E-state index is -2.61. The number of rotatable bonds is 8. The van der Waals surface area contributed by atoms with Gasteiger partial charge in [0.05, 0.1) is 7.11 Å². The number of aliphatic hydroxyl groups is 1. The quantitative estimate of drug-likeness (QED) is 0.380. The van der Waals surface area contributed by atoms with E-state index in [2.05, 4.69) is 4.74 Å². The summed E-state index contributed by atoms with van der Waals surface area (Å²) in [5.41, 5.74) is -1.18. The summed E-state index contributed by atoms with van der Waals surface area (Å²) < 4.78 is 19.9. The molecule has 1 N–H and O–H groups in total. The molecule has 6 nitrogen and oxygen atoms in total. The highest BCUT2D eigenvalue weighted by Gasteiger charge is 2.37. The first-order chi connectivity index (χ1) is 7.55. The fraction of sp³-hybridized carbons (Fsp3) is 0.875. The second-order valence-corrected chi connectivity index (χ2v) is 7.07. The standard InChI is InChI=1S/C8H18O6SSi/c1-11-7(9)8(10)15-5-6-16(12-2,13-3)14-4/h8,10H,5-6H2,1-4H3. The van der Waals surface area contributed by atoms with Gasteiger partial charge in [-0.15, -0.1) is 11.8 Å². The van der Waals surface area contributed by atoms with Gasteiger partial charge in [0.2, 0.25) is 0 Å². The molecule has 0 aromatic rings. The van der Waals surface area contributed by atoms with Crippen LogP contribution >= 0.6 is 11.8 Å². The van der Waals surface area contributed by atoms with E-state index in [0.29, 0.717) is 11.8 Å². The number of ether oxygens (including phenoxy) is 1. The van der Waals surface area contributed by atoms with Crippen molar-refractivity contribution in [3.63, 3.8) is 0 Å². The number of aliphatic hydroxyl groups excluding tert-OH is 1. The zero-order valence-electron chi connectivity index (χ0n) is 9.89. The number of carbonyl (C=O) groups excluding carboxylic acids is 1. The van der Waals surface area contributed by atoms with Crippen LogP contribution in [0.2, 0.25) is 6.04 Å². The van der Waals surface area contributed by atoms with Gasteiger partial charge in [0.25, 0.3) is 0 Å². The first-order valence-corrected chi connectivity index (χ1v) is 7.56. The average molecular weight is 270 g/mol. The lowest BCUT2D eigenvalue weighted by atomic mass is 10.7. The van der Waals surface area contributed by atoms with Crippen molar-refractivity contribution in [2.24, 2.45) is 0 Å². The minimum absolute atomic E-state index is 0.484. The monoisotopic (exact) mass is 270 g/mol. The molecule has 0 aliphatic carbocycles. The Bertz CT molecular complexity index is 202. The van der Waals surface area contributed by atoms with E-state index < -0.39 is 20.2 Å². The maximum atomic E-state index is 10.9. The van der Waals surface area contributed by atoms with Crippen molar-refractivity contribution >= 4 is 26.5 Å². The van der Waals surface area contributed by atoms with Crippen molar-refractivity contribution in [2.75, 3.05) is 34.2 Å². The van der Waals surface area contributed by atoms with E-state index in [1.807, 2.05) is 0 Å². The molecule has 0 amide bonds. The molecule has 0 fully saturated rings. The van der Waals surface area contributed by atoms with Crippen LogP contribution in [0.4, 0.5) is 0 Å². The summed E-state index contributed by atoms with van der Waals surface area (Å²) in [7, 11) is 3.16. The zero-order valence-corrected chi connectivity index (χ0v) is 11.7. The largest absolute Gasteiger partial charge is 0.500 e. The van der Waals surface area contributed by atoms with Crippen LogP contribution in [0.15, 0.2) is 0 Å². The summed E-state index contributed by atoms with van der Waals surface area (Å²) in [5.74, 6) is -0.178. The van der Waals surface area contributed by atoms with Crippen molar-refractivity contribution in [2.45, 2.75) is 11.5 Å². The molecular weight excluding hydrogens is 252 g/mol. The highest BCUT2D eigenvalue weighted by atomic mass is 32.2. The maximum absolute atomic E-state index is 10.9. The number of hydrogen-bond donors (Lipinski definition) is 1. The second kappa shape index (κ2) is 8.04. The molecule has 0 spiro atoms. The number of esters is 1. The van der Waals surface area contributed by atoms with E-state index in [1.165, 1.54) is 28.4 Å². The molecular formula is C8H18O6SSi. The molecule has 0 saturated carbocycles. The molecule has 1 atom stereocenters. The summed E-state index contributed by atoms with van der Waals surface area (Å²) in [4.78, 5) is 10.9. The van der Waals surface area contributed by atoms with Gasteiger partial charge in [0.1, 0.15) is 0 Å². The van der Waals surface area contributed by atoms with Gasteiger partial charge in [0.15, 0.2) is 5.44 Å². The molecule has 0 saturated heterocycles. The van der Waals surface area contributed by atoms with Crippen LogP contribution in [-0.2, 0) is 22.8 Å². The van der Waals surface area contributed by atoms with E-state index in [-0.39, 0.29) is 0 Å². The van der Waals surface area contributed by atoms with Gasteiger partial charge in [-0.25, -0.2) is 4.79 Å². The van der Waals surface area contributed by atoms with Crippen LogP contribution in [0.3, 0.4) is 0 Å². The van der Waals surface area contributed by atoms with E-state index >= 15 is 0 Å². The van der Waals surface area contributed by atoms with Crippen molar-refractivity contribution < 1.29 is 27.9 Å². The molecule has 0 bridgehead atoms. The summed E-state index contributed by atoms with van der Waals surface area (Å²) in [6.45, 7) is 0. The Hall–Kier alpha value is -0.123. The molecule has 0 aliphatic rings. The first-order valence-electron chi connectivity index (χ1n) is 4.58. The molecule has 0 radical (unpaired) electrons. The average Bonchev–Trinajstić information content (AvgIpc) is 2.34. The Morgan fingerprint density at radius 1 is 1.25 bits per heavy atom. The van der Waals surface area contributed by atoms with Crippen molar-refractivity contribution in [3.05, 3.63) is 0 Å². The summed E-state index contributed by atoms with van der Waals surface area (Å²) in [5, 5.41) is 9.31. The lowest BCUT2D eigenvalue weighted by Crippen LogP contribution is -2.43. The summed E-state index contributed by atoms with van der Waals surface area (Å²) in [6, 6.07) is 0.509. The molecule has 0 aromatic carbocycles. The van der Waals surface area contributed by atoms with E-state index in [9.17, 15) is 9.90 Å². The molecule has 16 heavy (non-hydrogen) atoms. The van der Waals surface area contributed by atoms with Crippen LogP contribution in [-0.4, -0.2) is 59.5 Å². The van der Waals surface area contributed by atoms with Gasteiger partial charge in [0, 0.05) is 33.1 Å². The predicted molar refractivity (Wildman–Crippen MR) is 62.1 cm³/mol. The number of carbonyl (C=O) groups is 1. The van der Waals surface area contributed by atoms with Crippen molar-refractivity contribution in [1.82, 2.24) is 0 Å². The molecule has 0 rings (SSSR count). The van der Waals surface area contributed by atoms with E-state index in [4.69, 9.17) is 13.3 Å². The predicted octanol–water partition coefficient (Wildman–Crippen LogP) is 0.0891. The van der Waals surface area contributed by atoms with E-state index in [0.717, 1.165) is 11.8 Å². The smallest absolute Gasteiger partial charge is 0.466 e. The Balaban J connectivity index is 3.99. The van der Waals surface area contributed by atoms with Gasteiger partial charge >= 0.3 is 14.8 Å². The third-order valence-corrected chi connectivity index (χ3v) is 6.06. The fourth-order valence-electron chi connectivity index (χ4n) is 1.02. The molecule has 8 heteroatoms. The Labute approximate surface area is 101 Å². The van der Waals surface area contributed by atoms with Gasteiger partial charge in [-0.05, 0) is 0 Å². The van der Waals surface area contributed by atoms with Gasteiger partial charge in [-0.3, -0.25) is 0 Å². The van der Waals surface area contributed by atoms with Crippen LogP contribution in [0, 0.1) is 0 Å². The fourth-order valence-corrected chi connectivity index (χ4v) is 4.06. The highest BCUT2D eigenvalue weighted by Crippen LogP contribution is 2.19. The third-order valence-electron chi connectivity index (χ3n) is 2.02. The van der Waals surface area contributed by atoms with E-state index in [1.54, 1.807) is 0 Å². The van der Waals surface area contributed by atoms with Crippen LogP contribution in [0.25, 0.3) is 0 Å².